The molecule has 1 amide bonds. The van der Waals surface area contributed by atoms with Crippen LogP contribution in [0.5, 0.6) is 0 Å². The van der Waals surface area contributed by atoms with Gasteiger partial charge in [-0.3, -0.25) is 4.79 Å². The molecule has 0 unspecified atom stereocenters. The van der Waals surface area contributed by atoms with E-state index in [0.717, 1.165) is 11.1 Å². The minimum Gasteiger partial charge on any atom is -0.361 e. The average Bonchev–Trinajstić information content (AvgIpc) is 2.52. The van der Waals surface area contributed by atoms with Gasteiger partial charge in [-0.1, -0.05) is 48.9 Å². The van der Waals surface area contributed by atoms with Gasteiger partial charge in [-0.15, -0.1) is 0 Å². The van der Waals surface area contributed by atoms with Crippen LogP contribution >= 0.6 is 11.6 Å². The molecule has 6 heteroatoms. The lowest BCUT2D eigenvalue weighted by atomic mass is 10.2. The van der Waals surface area contributed by atoms with Gasteiger partial charge in [-0.25, -0.2) is 9.97 Å². The van der Waals surface area contributed by atoms with E-state index in [9.17, 15) is 4.79 Å². The largest absolute Gasteiger partial charge is 0.361 e. The molecule has 1 N–H and O–H groups in total. The zero-order valence-corrected chi connectivity index (χ0v) is 13.7. The number of halogens is 1. The Balaban J connectivity index is 2.34. The minimum atomic E-state index is -0.0296. The van der Waals surface area contributed by atoms with Gasteiger partial charge in [0, 0.05) is 25.2 Å². The molecule has 0 radical (unpaired) electrons. The van der Waals surface area contributed by atoms with Crippen molar-refractivity contribution in [2.45, 2.75) is 13.3 Å². The first kappa shape index (κ1) is 16.2. The van der Waals surface area contributed by atoms with E-state index in [1.165, 1.54) is 4.90 Å². The van der Waals surface area contributed by atoms with Crippen LogP contribution < -0.4 is 5.32 Å². The summed E-state index contributed by atoms with van der Waals surface area (Å²) in [6.07, 6.45) is 0.687. The SMILES string of the molecule is CCc1c(Cl)nc(-c2ccccc2)nc1NCC(=O)N(C)C. The van der Waals surface area contributed by atoms with Crippen LogP contribution in [0, 0.1) is 0 Å². The van der Waals surface area contributed by atoms with Gasteiger partial charge < -0.3 is 10.2 Å². The number of carbonyl (C=O) groups excluding carboxylic acids is 1. The maximum absolute atomic E-state index is 11.7. The van der Waals surface area contributed by atoms with Gasteiger partial charge in [0.1, 0.15) is 11.0 Å². The molecule has 0 atom stereocenters. The molecule has 0 aliphatic heterocycles. The van der Waals surface area contributed by atoms with Crippen molar-refractivity contribution in [2.75, 3.05) is 26.0 Å². The second-order valence-corrected chi connectivity index (χ2v) is 5.38. The van der Waals surface area contributed by atoms with Gasteiger partial charge in [0.2, 0.25) is 5.91 Å². The highest BCUT2D eigenvalue weighted by atomic mass is 35.5. The molecule has 116 valence electrons. The molecule has 1 aromatic heterocycles. The smallest absolute Gasteiger partial charge is 0.241 e. The van der Waals surface area contributed by atoms with Gasteiger partial charge in [0.05, 0.1) is 6.54 Å². The molecule has 1 heterocycles. The Morgan fingerprint density at radius 1 is 1.23 bits per heavy atom. The zero-order valence-electron chi connectivity index (χ0n) is 12.9. The third kappa shape index (κ3) is 3.74. The predicted molar refractivity (Wildman–Crippen MR) is 89.0 cm³/mol. The molecular weight excluding hydrogens is 300 g/mol. The van der Waals surface area contributed by atoms with Crippen LogP contribution in [-0.2, 0) is 11.2 Å². The van der Waals surface area contributed by atoms with E-state index in [2.05, 4.69) is 15.3 Å². The van der Waals surface area contributed by atoms with Crippen LogP contribution in [0.3, 0.4) is 0 Å². The lowest BCUT2D eigenvalue weighted by Crippen LogP contribution is -2.29. The summed E-state index contributed by atoms with van der Waals surface area (Å²) >= 11 is 6.28. The first-order valence-corrected chi connectivity index (χ1v) is 7.46. The maximum atomic E-state index is 11.7. The molecule has 2 aromatic rings. The zero-order chi connectivity index (χ0) is 16.1. The molecule has 0 bridgehead atoms. The summed E-state index contributed by atoms with van der Waals surface area (Å²) in [5, 5.41) is 3.48. The van der Waals surface area contributed by atoms with Crippen LogP contribution in [0.4, 0.5) is 5.82 Å². The van der Waals surface area contributed by atoms with Crippen molar-refractivity contribution in [2.24, 2.45) is 0 Å². The summed E-state index contributed by atoms with van der Waals surface area (Å²) in [6.45, 7) is 2.15. The third-order valence-electron chi connectivity index (χ3n) is 3.25. The number of likely N-dealkylation sites (N-methyl/N-ethyl adjacent to an activating group) is 1. The Hall–Kier alpha value is -2.14. The number of anilines is 1. The number of benzene rings is 1. The molecule has 2 rings (SSSR count). The van der Waals surface area contributed by atoms with Crippen molar-refractivity contribution < 1.29 is 4.79 Å². The molecule has 0 saturated carbocycles. The summed E-state index contributed by atoms with van der Waals surface area (Å²) in [4.78, 5) is 22.2. The van der Waals surface area contributed by atoms with Gasteiger partial charge >= 0.3 is 0 Å². The molecule has 0 aliphatic rings. The van der Waals surface area contributed by atoms with Gasteiger partial charge in [0.15, 0.2) is 5.82 Å². The van der Waals surface area contributed by atoms with E-state index < -0.39 is 0 Å². The van der Waals surface area contributed by atoms with Gasteiger partial charge in [-0.2, -0.15) is 0 Å². The van der Waals surface area contributed by atoms with Crippen LogP contribution in [0.1, 0.15) is 12.5 Å². The fourth-order valence-electron chi connectivity index (χ4n) is 1.95. The third-order valence-corrected chi connectivity index (χ3v) is 3.56. The highest BCUT2D eigenvalue weighted by Crippen LogP contribution is 2.26. The quantitative estimate of drug-likeness (QED) is 0.861. The lowest BCUT2D eigenvalue weighted by molar-refractivity contribution is -0.126. The molecule has 5 nitrogen and oxygen atoms in total. The Morgan fingerprint density at radius 2 is 1.91 bits per heavy atom. The molecule has 0 aliphatic carbocycles. The van der Waals surface area contributed by atoms with Crippen molar-refractivity contribution in [3.8, 4) is 11.4 Å². The topological polar surface area (TPSA) is 58.1 Å². The van der Waals surface area contributed by atoms with E-state index >= 15 is 0 Å². The number of aromatic nitrogens is 2. The molecule has 22 heavy (non-hydrogen) atoms. The number of rotatable bonds is 5. The lowest BCUT2D eigenvalue weighted by Gasteiger charge is -2.15. The van der Waals surface area contributed by atoms with Crippen LogP contribution in [0.15, 0.2) is 30.3 Å². The van der Waals surface area contributed by atoms with E-state index in [4.69, 9.17) is 11.6 Å². The highest BCUT2D eigenvalue weighted by Gasteiger charge is 2.14. The van der Waals surface area contributed by atoms with E-state index in [1.807, 2.05) is 37.3 Å². The van der Waals surface area contributed by atoms with Crippen LogP contribution in [-0.4, -0.2) is 41.4 Å². The Morgan fingerprint density at radius 3 is 2.50 bits per heavy atom. The summed E-state index contributed by atoms with van der Waals surface area (Å²) in [6, 6.07) is 9.62. The van der Waals surface area contributed by atoms with Crippen molar-refractivity contribution in [3.63, 3.8) is 0 Å². The first-order valence-electron chi connectivity index (χ1n) is 7.08. The summed E-state index contributed by atoms with van der Waals surface area (Å²) in [5.74, 6) is 1.12. The highest BCUT2D eigenvalue weighted by molar-refractivity contribution is 6.30. The van der Waals surface area contributed by atoms with E-state index in [1.54, 1.807) is 14.1 Å². The maximum Gasteiger partial charge on any atom is 0.241 e. The van der Waals surface area contributed by atoms with Crippen molar-refractivity contribution in [1.29, 1.82) is 0 Å². The summed E-state index contributed by atoms with van der Waals surface area (Å²) < 4.78 is 0. The average molecular weight is 319 g/mol. The van der Waals surface area contributed by atoms with Gasteiger partial charge in [0.25, 0.3) is 0 Å². The summed E-state index contributed by atoms with van der Waals surface area (Å²) in [7, 11) is 3.43. The molecule has 0 spiro atoms. The Kier molecular flexibility index (Phi) is 5.33. The van der Waals surface area contributed by atoms with E-state index in [0.29, 0.717) is 23.2 Å². The number of hydrogen-bond donors (Lipinski definition) is 1. The number of nitrogens with zero attached hydrogens (tertiary/aromatic N) is 3. The van der Waals surface area contributed by atoms with Gasteiger partial charge in [-0.05, 0) is 6.42 Å². The monoisotopic (exact) mass is 318 g/mol. The number of carbonyl (C=O) groups is 1. The Bertz CT molecular complexity index is 659. The number of amides is 1. The molecular formula is C16H19ClN4O. The fourth-order valence-corrected chi connectivity index (χ4v) is 2.25. The van der Waals surface area contributed by atoms with Crippen molar-refractivity contribution in [1.82, 2.24) is 14.9 Å². The van der Waals surface area contributed by atoms with Crippen molar-refractivity contribution >= 4 is 23.3 Å². The van der Waals surface area contributed by atoms with Crippen molar-refractivity contribution in [3.05, 3.63) is 41.0 Å². The Labute approximate surface area is 135 Å². The van der Waals surface area contributed by atoms with Crippen LogP contribution in [0.2, 0.25) is 5.15 Å². The predicted octanol–water partition coefficient (Wildman–Crippen LogP) is 2.86. The molecule has 0 saturated heterocycles. The molecule has 0 fully saturated rings. The number of nitrogens with one attached hydrogen (secondary N) is 1. The second-order valence-electron chi connectivity index (χ2n) is 5.03. The first-order chi connectivity index (χ1) is 10.5. The summed E-state index contributed by atoms with van der Waals surface area (Å²) in [5.41, 5.74) is 1.70. The fraction of sp³-hybridized carbons (Fsp3) is 0.312. The standard InChI is InChI=1S/C16H19ClN4O/c1-4-12-14(17)19-15(11-8-6-5-7-9-11)20-16(12)18-10-13(22)21(2)3/h5-9H,4,10H2,1-3H3,(H,18,19,20). The van der Waals surface area contributed by atoms with Crippen LogP contribution in [0.25, 0.3) is 11.4 Å². The molecule has 1 aromatic carbocycles. The minimum absolute atomic E-state index is 0.0296. The number of hydrogen-bond acceptors (Lipinski definition) is 4. The second kappa shape index (κ2) is 7.22. The van der Waals surface area contributed by atoms with E-state index in [-0.39, 0.29) is 12.5 Å². The normalized spacial score (nSPS) is 10.4.